The predicted octanol–water partition coefficient (Wildman–Crippen LogP) is 2.86. The fraction of sp³-hybridized carbons (Fsp3) is 0.176. The molecule has 3 rings (SSSR count). The number of amides is 1. The third-order valence-corrected chi connectivity index (χ3v) is 3.32. The van der Waals surface area contributed by atoms with E-state index in [0.29, 0.717) is 30.0 Å². The van der Waals surface area contributed by atoms with Crippen molar-refractivity contribution in [1.29, 1.82) is 5.26 Å². The normalized spacial score (nSPS) is 14.5. The van der Waals surface area contributed by atoms with Gasteiger partial charge in [0.1, 0.15) is 0 Å². The smallest absolute Gasteiger partial charge is 0.255 e. The van der Waals surface area contributed by atoms with Gasteiger partial charge in [-0.3, -0.25) is 4.79 Å². The number of hydrogen-bond donors (Lipinski definition) is 1. The number of rotatable bonds is 3. The molecule has 5 nitrogen and oxygen atoms in total. The third-order valence-electron chi connectivity index (χ3n) is 3.32. The van der Waals surface area contributed by atoms with Crippen LogP contribution in [0.5, 0.6) is 0 Å². The molecule has 1 fully saturated rings. The molecule has 1 heterocycles. The van der Waals surface area contributed by atoms with Gasteiger partial charge >= 0.3 is 0 Å². The maximum absolute atomic E-state index is 12.2. The molecule has 0 unspecified atom stereocenters. The minimum absolute atomic E-state index is 0.252. The van der Waals surface area contributed by atoms with Gasteiger partial charge in [-0.1, -0.05) is 18.2 Å². The summed E-state index contributed by atoms with van der Waals surface area (Å²) >= 11 is 0. The van der Waals surface area contributed by atoms with E-state index in [-0.39, 0.29) is 12.2 Å². The largest absolute Gasteiger partial charge is 0.346 e. The van der Waals surface area contributed by atoms with Crippen molar-refractivity contribution in [2.24, 2.45) is 0 Å². The van der Waals surface area contributed by atoms with Crippen molar-refractivity contribution < 1.29 is 14.3 Å². The van der Waals surface area contributed by atoms with E-state index < -0.39 is 0 Å². The predicted molar refractivity (Wildman–Crippen MR) is 80.2 cm³/mol. The van der Waals surface area contributed by atoms with Crippen LogP contribution in [0.4, 0.5) is 5.69 Å². The molecule has 0 radical (unpaired) electrons. The molecule has 1 amide bonds. The summed E-state index contributed by atoms with van der Waals surface area (Å²) in [7, 11) is 0. The zero-order chi connectivity index (χ0) is 15.4. The van der Waals surface area contributed by atoms with Crippen LogP contribution in [0, 0.1) is 11.3 Å². The Morgan fingerprint density at radius 2 is 1.86 bits per heavy atom. The summed E-state index contributed by atoms with van der Waals surface area (Å²) in [5, 5.41) is 11.7. The molecule has 1 N–H and O–H groups in total. The second kappa shape index (κ2) is 6.39. The van der Waals surface area contributed by atoms with Crippen LogP contribution in [0.3, 0.4) is 0 Å². The molecule has 110 valence electrons. The molecule has 0 aliphatic carbocycles. The summed E-state index contributed by atoms with van der Waals surface area (Å²) in [5.41, 5.74) is 2.50. The van der Waals surface area contributed by atoms with Crippen LogP contribution in [-0.4, -0.2) is 19.1 Å². The van der Waals surface area contributed by atoms with E-state index in [1.165, 1.54) is 0 Å². The number of carbonyl (C=O) groups excluding carboxylic acids is 1. The van der Waals surface area contributed by atoms with Gasteiger partial charge in [0.25, 0.3) is 5.91 Å². The number of benzene rings is 2. The minimum Gasteiger partial charge on any atom is -0.346 e. The Morgan fingerprint density at radius 3 is 2.55 bits per heavy atom. The lowest BCUT2D eigenvalue weighted by Crippen LogP contribution is -2.12. The highest BCUT2D eigenvalue weighted by Gasteiger charge is 2.18. The van der Waals surface area contributed by atoms with Crippen molar-refractivity contribution >= 4 is 11.6 Å². The molecule has 0 spiro atoms. The first kappa shape index (κ1) is 14.3. The molecule has 2 aromatic rings. The Morgan fingerprint density at radius 1 is 1.14 bits per heavy atom. The van der Waals surface area contributed by atoms with Crippen molar-refractivity contribution in [3.8, 4) is 6.07 Å². The van der Waals surface area contributed by atoms with Crippen molar-refractivity contribution in [2.45, 2.75) is 6.29 Å². The first-order chi connectivity index (χ1) is 10.8. The average molecular weight is 294 g/mol. The number of nitriles is 1. The van der Waals surface area contributed by atoms with E-state index in [9.17, 15) is 4.79 Å². The Balaban J connectivity index is 1.69. The maximum Gasteiger partial charge on any atom is 0.255 e. The van der Waals surface area contributed by atoms with Crippen LogP contribution < -0.4 is 5.32 Å². The van der Waals surface area contributed by atoms with Crippen LogP contribution in [-0.2, 0) is 9.47 Å². The first-order valence-corrected chi connectivity index (χ1v) is 6.91. The molecule has 0 saturated carbocycles. The van der Waals surface area contributed by atoms with Crippen LogP contribution in [0.25, 0.3) is 0 Å². The van der Waals surface area contributed by atoms with E-state index in [4.69, 9.17) is 14.7 Å². The summed E-state index contributed by atoms with van der Waals surface area (Å²) in [6.45, 7) is 1.19. The second-order valence-corrected chi connectivity index (χ2v) is 4.84. The summed E-state index contributed by atoms with van der Waals surface area (Å²) in [5.74, 6) is -0.252. The molecule has 0 atom stereocenters. The van der Waals surface area contributed by atoms with Crippen LogP contribution in [0.15, 0.2) is 48.5 Å². The highest BCUT2D eigenvalue weighted by molar-refractivity contribution is 6.04. The van der Waals surface area contributed by atoms with Crippen LogP contribution in [0.1, 0.15) is 27.8 Å². The van der Waals surface area contributed by atoms with Crippen molar-refractivity contribution in [2.75, 3.05) is 18.5 Å². The van der Waals surface area contributed by atoms with Gasteiger partial charge in [-0.2, -0.15) is 5.26 Å². The average Bonchev–Trinajstić information content (AvgIpc) is 3.10. The van der Waals surface area contributed by atoms with Gasteiger partial charge in [0.2, 0.25) is 0 Å². The summed E-state index contributed by atoms with van der Waals surface area (Å²) in [6.07, 6.45) is -0.322. The number of anilines is 1. The molecular weight excluding hydrogens is 280 g/mol. The lowest BCUT2D eigenvalue weighted by molar-refractivity contribution is -0.0441. The van der Waals surface area contributed by atoms with Gasteiger partial charge in [0.15, 0.2) is 6.29 Å². The molecule has 0 bridgehead atoms. The molecule has 22 heavy (non-hydrogen) atoms. The van der Waals surface area contributed by atoms with Gasteiger partial charge in [-0.25, -0.2) is 0 Å². The van der Waals surface area contributed by atoms with Gasteiger partial charge in [-0.15, -0.1) is 0 Å². The SMILES string of the molecule is N#Cc1cccc(C(=O)Nc2ccc(C3OCCO3)cc2)c1. The standard InChI is InChI=1S/C17H14N2O3/c18-11-12-2-1-3-14(10-12)16(20)19-15-6-4-13(5-7-15)17-21-8-9-22-17/h1-7,10,17H,8-9H2,(H,19,20). The molecule has 5 heteroatoms. The number of ether oxygens (including phenoxy) is 2. The summed E-state index contributed by atoms with van der Waals surface area (Å²) in [6, 6.07) is 15.9. The molecule has 1 aliphatic heterocycles. The molecule has 0 aromatic heterocycles. The highest BCUT2D eigenvalue weighted by atomic mass is 16.7. The summed E-state index contributed by atoms with van der Waals surface area (Å²) < 4.78 is 10.8. The van der Waals surface area contributed by atoms with E-state index in [1.807, 2.05) is 18.2 Å². The quantitative estimate of drug-likeness (QED) is 0.944. The Bertz CT molecular complexity index is 713. The second-order valence-electron chi connectivity index (χ2n) is 4.84. The zero-order valence-electron chi connectivity index (χ0n) is 11.8. The molecule has 2 aromatic carbocycles. The number of nitrogens with one attached hydrogen (secondary N) is 1. The van der Waals surface area contributed by atoms with E-state index in [2.05, 4.69) is 5.32 Å². The van der Waals surface area contributed by atoms with Gasteiger partial charge in [0, 0.05) is 16.8 Å². The van der Waals surface area contributed by atoms with E-state index >= 15 is 0 Å². The van der Waals surface area contributed by atoms with Gasteiger partial charge in [0.05, 0.1) is 24.8 Å². The Labute approximate surface area is 128 Å². The number of hydrogen-bond acceptors (Lipinski definition) is 4. The fourth-order valence-corrected chi connectivity index (χ4v) is 2.21. The lowest BCUT2D eigenvalue weighted by Gasteiger charge is -2.10. The summed E-state index contributed by atoms with van der Waals surface area (Å²) in [4.78, 5) is 12.2. The zero-order valence-corrected chi connectivity index (χ0v) is 11.8. The molecule has 1 saturated heterocycles. The Hall–Kier alpha value is -2.68. The minimum atomic E-state index is -0.322. The van der Waals surface area contributed by atoms with Crippen LogP contribution >= 0.6 is 0 Å². The lowest BCUT2D eigenvalue weighted by atomic mass is 10.1. The van der Waals surface area contributed by atoms with Gasteiger partial charge < -0.3 is 14.8 Å². The van der Waals surface area contributed by atoms with Crippen molar-refractivity contribution in [3.05, 3.63) is 65.2 Å². The van der Waals surface area contributed by atoms with E-state index in [1.54, 1.807) is 36.4 Å². The van der Waals surface area contributed by atoms with E-state index in [0.717, 1.165) is 5.56 Å². The highest BCUT2D eigenvalue weighted by Crippen LogP contribution is 2.24. The molecular formula is C17H14N2O3. The van der Waals surface area contributed by atoms with Crippen molar-refractivity contribution in [3.63, 3.8) is 0 Å². The van der Waals surface area contributed by atoms with Crippen molar-refractivity contribution in [1.82, 2.24) is 0 Å². The number of carbonyl (C=O) groups is 1. The monoisotopic (exact) mass is 294 g/mol. The molecule has 1 aliphatic rings. The topological polar surface area (TPSA) is 71.4 Å². The fourth-order valence-electron chi connectivity index (χ4n) is 2.21. The first-order valence-electron chi connectivity index (χ1n) is 6.91. The number of nitrogens with zero attached hydrogens (tertiary/aromatic N) is 1. The maximum atomic E-state index is 12.2. The Kier molecular flexibility index (Phi) is 4.15. The van der Waals surface area contributed by atoms with Crippen LogP contribution in [0.2, 0.25) is 0 Å². The van der Waals surface area contributed by atoms with Gasteiger partial charge in [-0.05, 0) is 30.3 Å². The third kappa shape index (κ3) is 3.14.